The molecule has 0 radical (unpaired) electrons. The maximum Gasteiger partial charge on any atom is 0.122 e. The molecule has 2 aliphatic heterocycles. The van der Waals surface area contributed by atoms with Crippen molar-refractivity contribution in [1.82, 2.24) is 14.9 Å². The average Bonchev–Trinajstić information content (AvgIpc) is 3.50. The molecule has 0 saturated carbocycles. The van der Waals surface area contributed by atoms with Gasteiger partial charge in [0.15, 0.2) is 0 Å². The van der Waals surface area contributed by atoms with Crippen LogP contribution in [0, 0.1) is 0 Å². The van der Waals surface area contributed by atoms with Crippen molar-refractivity contribution in [2.75, 3.05) is 55.6 Å². The number of aliphatic hydroxyl groups is 1. The van der Waals surface area contributed by atoms with Crippen molar-refractivity contribution in [2.24, 2.45) is 4.99 Å². The second kappa shape index (κ2) is 16.1. The molecule has 212 valence electrons. The van der Waals surface area contributed by atoms with Crippen LogP contribution >= 0.6 is 23.7 Å². The summed E-state index contributed by atoms with van der Waals surface area (Å²) in [4.78, 5) is 15.1. The summed E-state index contributed by atoms with van der Waals surface area (Å²) in [5, 5.41) is 12.5. The van der Waals surface area contributed by atoms with Crippen LogP contribution < -0.4 is 9.46 Å². The van der Waals surface area contributed by atoms with E-state index in [0.717, 1.165) is 70.0 Å². The Morgan fingerprint density at radius 3 is 2.71 bits per heavy atom. The Labute approximate surface area is 235 Å². The van der Waals surface area contributed by atoms with E-state index in [4.69, 9.17) is 14.8 Å². The summed E-state index contributed by atoms with van der Waals surface area (Å²) in [6.07, 6.45) is 1.77. The topological polar surface area (TPSA) is 166 Å². The molecule has 1 saturated heterocycles. The van der Waals surface area contributed by atoms with Crippen molar-refractivity contribution in [3.8, 4) is 5.75 Å². The van der Waals surface area contributed by atoms with Gasteiger partial charge in [-0.3, -0.25) is 9.20 Å². The van der Waals surface area contributed by atoms with Gasteiger partial charge in [-0.1, -0.05) is 32.7 Å². The van der Waals surface area contributed by atoms with Gasteiger partial charge in [0.25, 0.3) is 0 Å². The maximum absolute atomic E-state index is 11.6. The first-order chi connectivity index (χ1) is 16.7. The number of pyridine rings is 1. The van der Waals surface area contributed by atoms with E-state index in [2.05, 4.69) is 25.7 Å². The number of nitrogens with zero attached hydrogens (tertiary/aromatic N) is 3. The van der Waals surface area contributed by atoms with Crippen LogP contribution in [0.4, 0.5) is 5.69 Å². The van der Waals surface area contributed by atoms with E-state index in [-0.39, 0.29) is 39.0 Å². The summed E-state index contributed by atoms with van der Waals surface area (Å²) in [6, 6.07) is 11.8. The van der Waals surface area contributed by atoms with E-state index in [1.54, 1.807) is 6.20 Å². The number of fused-ring (bicyclic) bond motifs is 1. The number of aliphatic imine (C=N–C) groups is 1. The first-order valence-electron chi connectivity index (χ1n) is 11.2. The van der Waals surface area contributed by atoms with Crippen molar-refractivity contribution < 1.29 is 25.0 Å². The summed E-state index contributed by atoms with van der Waals surface area (Å²) >= 11 is 3.24. The molecule has 7 N–H and O–H groups in total. The number of aromatic nitrogens is 2. The van der Waals surface area contributed by atoms with E-state index in [1.807, 2.05) is 42.1 Å². The lowest BCUT2D eigenvalue weighted by molar-refractivity contribution is 0.201. The first kappa shape index (κ1) is 33.9. The molecular formula is C25H39N5O5S3. The minimum atomic E-state index is -0.649. The molecule has 0 bridgehead atoms. The van der Waals surface area contributed by atoms with Crippen molar-refractivity contribution in [3.63, 3.8) is 0 Å². The van der Waals surface area contributed by atoms with Gasteiger partial charge in [0, 0.05) is 76.8 Å². The standard InChI is InChI=1S/C23H27N5O3S3.2CH4.2H2O/c29-7-8-31-17-11-16-12-20(23-25-14-18(32-23)15-28-5-9-34(30)10-6-28)26-22(16)19(13-17)27-33-21-3-1-2-4-24-21;;;;/h1-4,11-13,18,26-27,29H,5-10,14-15H2;2*1H4;2*1H2. The zero-order valence-corrected chi connectivity index (χ0v) is 22.1. The van der Waals surface area contributed by atoms with Crippen LogP contribution in [0.5, 0.6) is 5.75 Å². The predicted molar refractivity (Wildman–Crippen MR) is 162 cm³/mol. The normalized spacial score (nSPS) is 17.4. The summed E-state index contributed by atoms with van der Waals surface area (Å²) in [7, 11) is -0.649. The molecule has 0 aliphatic carbocycles. The number of anilines is 1. The van der Waals surface area contributed by atoms with Crippen LogP contribution in [0.1, 0.15) is 20.5 Å². The summed E-state index contributed by atoms with van der Waals surface area (Å²) < 4.78 is 20.7. The second-order valence-corrected chi connectivity index (χ2v) is 11.9. The SMILES string of the molecule is C.C.O.O.O=S1CCN(CC2CN=C(c3cc4cc(OCCO)cc(NSc5ccccn5)c4[nH]3)S2)CC1. The Kier molecular flexibility index (Phi) is 14.3. The van der Waals surface area contributed by atoms with Crippen molar-refractivity contribution >= 4 is 56.1 Å². The molecule has 4 heterocycles. The van der Waals surface area contributed by atoms with Crippen LogP contribution in [0.15, 0.2) is 52.6 Å². The second-order valence-electron chi connectivity index (χ2n) is 8.10. The molecule has 13 heteroatoms. The maximum atomic E-state index is 11.6. The van der Waals surface area contributed by atoms with Gasteiger partial charge in [-0.15, -0.1) is 0 Å². The van der Waals surface area contributed by atoms with E-state index >= 15 is 0 Å². The number of rotatable bonds is 9. The van der Waals surface area contributed by atoms with E-state index in [9.17, 15) is 4.21 Å². The van der Waals surface area contributed by atoms with Crippen LogP contribution in [0.3, 0.4) is 0 Å². The smallest absolute Gasteiger partial charge is 0.122 e. The van der Waals surface area contributed by atoms with Crippen LogP contribution in [0.25, 0.3) is 10.9 Å². The van der Waals surface area contributed by atoms with Crippen LogP contribution in [-0.2, 0) is 10.8 Å². The molecule has 1 unspecified atom stereocenters. The quantitative estimate of drug-likeness (QED) is 0.322. The highest BCUT2D eigenvalue weighted by molar-refractivity contribution is 8.15. The molecule has 1 atom stereocenters. The predicted octanol–water partition coefficient (Wildman–Crippen LogP) is 2.60. The van der Waals surface area contributed by atoms with E-state index in [1.165, 1.54) is 11.9 Å². The largest absolute Gasteiger partial charge is 0.491 e. The Balaban J connectivity index is 0.00000180. The fourth-order valence-electron chi connectivity index (χ4n) is 3.98. The van der Waals surface area contributed by atoms with Gasteiger partial charge in [0.1, 0.15) is 22.4 Å². The summed E-state index contributed by atoms with van der Waals surface area (Å²) in [5.41, 5.74) is 2.85. The van der Waals surface area contributed by atoms with Crippen molar-refractivity contribution in [1.29, 1.82) is 0 Å². The molecule has 0 amide bonds. The van der Waals surface area contributed by atoms with Gasteiger partial charge in [-0.05, 0) is 24.3 Å². The molecule has 5 rings (SSSR count). The van der Waals surface area contributed by atoms with Gasteiger partial charge < -0.3 is 35.4 Å². The highest BCUT2D eigenvalue weighted by atomic mass is 32.2. The summed E-state index contributed by atoms with van der Waals surface area (Å²) in [5.74, 6) is 2.25. The third-order valence-corrected chi connectivity index (χ3v) is 8.90. The van der Waals surface area contributed by atoms with Gasteiger partial charge in [-0.25, -0.2) is 4.98 Å². The van der Waals surface area contributed by atoms with E-state index < -0.39 is 10.8 Å². The number of benzene rings is 1. The zero-order valence-electron chi connectivity index (χ0n) is 19.6. The van der Waals surface area contributed by atoms with Gasteiger partial charge in [-0.2, -0.15) is 0 Å². The van der Waals surface area contributed by atoms with Crippen LogP contribution in [-0.4, -0.2) is 96.3 Å². The van der Waals surface area contributed by atoms with Gasteiger partial charge in [0.2, 0.25) is 0 Å². The van der Waals surface area contributed by atoms with Crippen molar-refractivity contribution in [2.45, 2.75) is 25.1 Å². The average molecular weight is 586 g/mol. The molecule has 0 spiro atoms. The third-order valence-electron chi connectivity index (χ3n) is 5.64. The number of nitrogens with one attached hydrogen (secondary N) is 2. The Hall–Kier alpha value is -2.13. The number of aromatic amines is 1. The third kappa shape index (κ3) is 8.43. The molecule has 10 nitrogen and oxygen atoms in total. The lowest BCUT2D eigenvalue weighted by Crippen LogP contribution is -2.41. The zero-order chi connectivity index (χ0) is 23.3. The highest BCUT2D eigenvalue weighted by Gasteiger charge is 2.26. The fraction of sp³-hybridized carbons (Fsp3) is 0.440. The molecule has 3 aromatic rings. The lowest BCUT2D eigenvalue weighted by Gasteiger charge is -2.27. The monoisotopic (exact) mass is 585 g/mol. The first-order valence-corrected chi connectivity index (χ1v) is 14.4. The van der Waals surface area contributed by atoms with Gasteiger partial charge in [0.05, 0.1) is 30.0 Å². The molecule has 38 heavy (non-hydrogen) atoms. The number of hydrogen-bond acceptors (Lipinski definition) is 9. The molecule has 2 aliphatic rings. The number of hydrogen-bond donors (Lipinski definition) is 3. The van der Waals surface area contributed by atoms with Crippen LogP contribution in [0.2, 0.25) is 0 Å². The number of aliphatic hydroxyl groups excluding tert-OH is 1. The number of ether oxygens (including phenoxy) is 1. The Bertz CT molecular complexity index is 1180. The minimum Gasteiger partial charge on any atom is -0.491 e. The number of H-pyrrole nitrogens is 1. The summed E-state index contributed by atoms with van der Waals surface area (Å²) in [6.45, 7) is 3.78. The Morgan fingerprint density at radius 1 is 1.21 bits per heavy atom. The lowest BCUT2D eigenvalue weighted by atomic mass is 10.2. The molecule has 2 aromatic heterocycles. The fourth-order valence-corrected chi connectivity index (χ4v) is 6.88. The Morgan fingerprint density at radius 2 is 2.00 bits per heavy atom. The minimum absolute atomic E-state index is 0. The van der Waals surface area contributed by atoms with Crippen molar-refractivity contribution in [3.05, 3.63) is 48.3 Å². The highest BCUT2D eigenvalue weighted by Crippen LogP contribution is 2.35. The van der Waals surface area contributed by atoms with Gasteiger partial charge >= 0.3 is 0 Å². The molecule has 1 fully saturated rings. The number of thioether (sulfide) groups is 1. The molecule has 1 aromatic carbocycles. The molecular weight excluding hydrogens is 547 g/mol. The van der Waals surface area contributed by atoms with E-state index in [0.29, 0.717) is 11.0 Å².